The normalized spacial score (nSPS) is 17.4. The lowest BCUT2D eigenvalue weighted by Crippen LogP contribution is -2.48. The quantitative estimate of drug-likeness (QED) is 0.803. The van der Waals surface area contributed by atoms with Gasteiger partial charge in [0, 0.05) is 45.0 Å². The highest BCUT2D eigenvalue weighted by Crippen LogP contribution is 2.16. The molecule has 1 heterocycles. The van der Waals surface area contributed by atoms with Crippen LogP contribution in [0, 0.1) is 5.82 Å². The highest BCUT2D eigenvalue weighted by atomic mass is 19.1. The summed E-state index contributed by atoms with van der Waals surface area (Å²) < 4.78 is 12.9. The van der Waals surface area contributed by atoms with E-state index in [4.69, 9.17) is 0 Å². The Bertz CT molecular complexity index is 356. The van der Waals surface area contributed by atoms with Crippen molar-refractivity contribution in [2.45, 2.75) is 0 Å². The van der Waals surface area contributed by atoms with Gasteiger partial charge in [-0.25, -0.2) is 4.39 Å². The van der Waals surface area contributed by atoms with Gasteiger partial charge in [-0.05, 0) is 38.4 Å². The van der Waals surface area contributed by atoms with E-state index in [0.717, 1.165) is 45.0 Å². The zero-order chi connectivity index (χ0) is 13.0. The van der Waals surface area contributed by atoms with Gasteiger partial charge >= 0.3 is 0 Å². The molecule has 0 radical (unpaired) electrons. The summed E-state index contributed by atoms with van der Waals surface area (Å²) in [6, 6.07) is 6.80. The summed E-state index contributed by atoms with van der Waals surface area (Å²) >= 11 is 0. The van der Waals surface area contributed by atoms with Gasteiger partial charge in [-0.1, -0.05) is 0 Å². The number of anilines is 1. The molecule has 0 spiro atoms. The van der Waals surface area contributed by atoms with Crippen molar-refractivity contribution in [3.63, 3.8) is 0 Å². The van der Waals surface area contributed by atoms with E-state index in [1.165, 1.54) is 12.1 Å². The number of hydrogen-bond acceptors (Lipinski definition) is 3. The number of halogens is 1. The number of nitrogens with zero attached hydrogens (tertiary/aromatic N) is 3. The molecule has 18 heavy (non-hydrogen) atoms. The Morgan fingerprint density at radius 1 is 1.06 bits per heavy atom. The third kappa shape index (κ3) is 3.68. The number of benzene rings is 1. The summed E-state index contributed by atoms with van der Waals surface area (Å²) in [5.74, 6) is -0.164. The summed E-state index contributed by atoms with van der Waals surface area (Å²) in [5, 5.41) is 0. The van der Waals surface area contributed by atoms with Crippen LogP contribution >= 0.6 is 0 Å². The van der Waals surface area contributed by atoms with Gasteiger partial charge in [0.15, 0.2) is 0 Å². The molecule has 0 saturated carbocycles. The van der Waals surface area contributed by atoms with E-state index in [1.807, 2.05) is 12.1 Å². The monoisotopic (exact) mass is 251 g/mol. The van der Waals surface area contributed by atoms with E-state index in [0.29, 0.717) is 0 Å². The number of likely N-dealkylation sites (N-methyl/N-ethyl adjacent to an activating group) is 1. The maximum absolute atomic E-state index is 12.9. The molecule has 0 aromatic heterocycles. The Labute approximate surface area is 109 Å². The molecule has 0 atom stereocenters. The average Bonchev–Trinajstić information content (AvgIpc) is 2.38. The average molecular weight is 251 g/mol. The van der Waals surface area contributed by atoms with Crippen LogP contribution in [-0.4, -0.2) is 63.2 Å². The lowest BCUT2D eigenvalue weighted by molar-refractivity contribution is 0.229. The molecule has 4 heteroatoms. The van der Waals surface area contributed by atoms with Crippen LogP contribution in [0.3, 0.4) is 0 Å². The first-order valence-corrected chi connectivity index (χ1v) is 6.53. The molecule has 1 aliphatic heterocycles. The molecular formula is C14H22FN3. The Balaban J connectivity index is 1.81. The van der Waals surface area contributed by atoms with Crippen LogP contribution in [0.15, 0.2) is 24.3 Å². The molecule has 3 nitrogen and oxygen atoms in total. The predicted molar refractivity (Wildman–Crippen MR) is 73.6 cm³/mol. The van der Waals surface area contributed by atoms with Gasteiger partial charge in [-0.2, -0.15) is 0 Å². The summed E-state index contributed by atoms with van der Waals surface area (Å²) in [6.45, 7) is 6.47. The highest BCUT2D eigenvalue weighted by molar-refractivity contribution is 5.46. The Morgan fingerprint density at radius 3 is 2.22 bits per heavy atom. The molecule has 0 N–H and O–H groups in total. The number of hydrogen-bond donors (Lipinski definition) is 0. The van der Waals surface area contributed by atoms with Crippen LogP contribution in [0.25, 0.3) is 0 Å². The fourth-order valence-corrected chi connectivity index (χ4v) is 2.22. The Hall–Kier alpha value is -1.13. The van der Waals surface area contributed by atoms with Gasteiger partial charge in [-0.3, -0.25) is 4.90 Å². The van der Waals surface area contributed by atoms with Crippen LogP contribution in [0.2, 0.25) is 0 Å². The minimum absolute atomic E-state index is 0.164. The van der Waals surface area contributed by atoms with Gasteiger partial charge in [0.2, 0.25) is 0 Å². The van der Waals surface area contributed by atoms with Gasteiger partial charge in [0.25, 0.3) is 0 Å². The molecular weight excluding hydrogens is 229 g/mol. The first-order chi connectivity index (χ1) is 8.65. The van der Waals surface area contributed by atoms with Gasteiger partial charge in [0.05, 0.1) is 0 Å². The number of rotatable bonds is 4. The van der Waals surface area contributed by atoms with Crippen molar-refractivity contribution >= 4 is 5.69 Å². The lowest BCUT2D eigenvalue weighted by Gasteiger charge is -2.36. The minimum atomic E-state index is -0.164. The van der Waals surface area contributed by atoms with Crippen LogP contribution in [0.5, 0.6) is 0 Å². The van der Waals surface area contributed by atoms with Crippen molar-refractivity contribution in [2.24, 2.45) is 0 Å². The van der Waals surface area contributed by atoms with E-state index in [9.17, 15) is 4.39 Å². The van der Waals surface area contributed by atoms with Crippen molar-refractivity contribution in [1.82, 2.24) is 9.80 Å². The second-order valence-corrected chi connectivity index (χ2v) is 5.11. The van der Waals surface area contributed by atoms with Crippen molar-refractivity contribution in [1.29, 1.82) is 0 Å². The zero-order valence-electron chi connectivity index (χ0n) is 11.3. The van der Waals surface area contributed by atoms with Crippen molar-refractivity contribution in [3.05, 3.63) is 30.1 Å². The molecule has 0 bridgehead atoms. The first kappa shape index (κ1) is 13.3. The predicted octanol–water partition coefficient (Wildman–Crippen LogP) is 1.51. The third-order valence-corrected chi connectivity index (χ3v) is 3.43. The minimum Gasteiger partial charge on any atom is -0.369 e. The van der Waals surface area contributed by atoms with Crippen LogP contribution < -0.4 is 4.90 Å². The summed E-state index contributed by atoms with van der Waals surface area (Å²) in [4.78, 5) is 7.03. The van der Waals surface area contributed by atoms with E-state index in [2.05, 4.69) is 28.8 Å². The molecule has 1 aliphatic rings. The molecule has 1 aromatic carbocycles. The van der Waals surface area contributed by atoms with Gasteiger partial charge < -0.3 is 9.80 Å². The maximum Gasteiger partial charge on any atom is 0.123 e. The standard InChI is InChI=1S/C14H22FN3/c1-16(2)7-8-17-9-11-18(12-10-17)14-5-3-13(15)4-6-14/h3-6H,7-12H2,1-2H3. The number of piperazine rings is 1. The van der Waals surface area contributed by atoms with E-state index < -0.39 is 0 Å². The van der Waals surface area contributed by atoms with Gasteiger partial charge in [-0.15, -0.1) is 0 Å². The van der Waals surface area contributed by atoms with Crippen LogP contribution in [-0.2, 0) is 0 Å². The fourth-order valence-electron chi connectivity index (χ4n) is 2.22. The van der Waals surface area contributed by atoms with E-state index in [1.54, 1.807) is 0 Å². The largest absolute Gasteiger partial charge is 0.369 e. The molecule has 1 aromatic rings. The Morgan fingerprint density at radius 2 is 1.67 bits per heavy atom. The summed E-state index contributed by atoms with van der Waals surface area (Å²) in [6.07, 6.45) is 0. The zero-order valence-corrected chi connectivity index (χ0v) is 11.3. The third-order valence-electron chi connectivity index (χ3n) is 3.43. The smallest absolute Gasteiger partial charge is 0.123 e. The topological polar surface area (TPSA) is 9.72 Å². The summed E-state index contributed by atoms with van der Waals surface area (Å²) in [7, 11) is 4.21. The second-order valence-electron chi connectivity index (χ2n) is 5.11. The Kier molecular flexibility index (Phi) is 4.55. The van der Waals surface area contributed by atoms with Crippen LogP contribution in [0.1, 0.15) is 0 Å². The fraction of sp³-hybridized carbons (Fsp3) is 0.571. The molecule has 100 valence electrons. The molecule has 2 rings (SSSR count). The second kappa shape index (κ2) is 6.16. The van der Waals surface area contributed by atoms with Crippen molar-refractivity contribution in [3.8, 4) is 0 Å². The molecule has 0 aliphatic carbocycles. The van der Waals surface area contributed by atoms with E-state index in [-0.39, 0.29) is 5.82 Å². The summed E-state index contributed by atoms with van der Waals surface area (Å²) in [5.41, 5.74) is 1.13. The lowest BCUT2D eigenvalue weighted by atomic mass is 10.2. The molecule has 0 amide bonds. The molecule has 0 unspecified atom stereocenters. The van der Waals surface area contributed by atoms with Gasteiger partial charge in [0.1, 0.15) is 5.82 Å². The maximum atomic E-state index is 12.9. The van der Waals surface area contributed by atoms with E-state index >= 15 is 0 Å². The molecule has 1 fully saturated rings. The first-order valence-electron chi connectivity index (χ1n) is 6.53. The highest BCUT2D eigenvalue weighted by Gasteiger charge is 2.16. The van der Waals surface area contributed by atoms with Crippen molar-refractivity contribution < 1.29 is 4.39 Å². The molecule has 1 saturated heterocycles. The van der Waals surface area contributed by atoms with Crippen LogP contribution in [0.4, 0.5) is 10.1 Å². The van der Waals surface area contributed by atoms with Crippen molar-refractivity contribution in [2.75, 3.05) is 58.3 Å². The SMILES string of the molecule is CN(C)CCN1CCN(c2ccc(F)cc2)CC1.